The van der Waals surface area contributed by atoms with Gasteiger partial charge >= 0.3 is 6.03 Å². The summed E-state index contributed by atoms with van der Waals surface area (Å²) in [5.41, 5.74) is -0.331. The van der Waals surface area contributed by atoms with Crippen molar-refractivity contribution < 1.29 is 19.4 Å². The summed E-state index contributed by atoms with van der Waals surface area (Å²) >= 11 is 0. The van der Waals surface area contributed by atoms with Crippen LogP contribution in [0, 0.1) is 0 Å². The maximum absolute atomic E-state index is 12.7. The van der Waals surface area contributed by atoms with Gasteiger partial charge in [0.2, 0.25) is 5.91 Å². The summed E-state index contributed by atoms with van der Waals surface area (Å²) in [6, 6.07) is 7.94. The molecule has 1 aliphatic heterocycles. The molecule has 3 unspecified atom stereocenters. The highest BCUT2D eigenvalue weighted by atomic mass is 16.5. The summed E-state index contributed by atoms with van der Waals surface area (Å²) in [5, 5.41) is 16.6. The van der Waals surface area contributed by atoms with Crippen molar-refractivity contribution in [1.82, 2.24) is 15.5 Å². The van der Waals surface area contributed by atoms with E-state index in [1.54, 1.807) is 17.9 Å². The monoisotopic (exact) mass is 361 g/mol. The second-order valence-corrected chi connectivity index (χ2v) is 6.61. The molecule has 0 radical (unpaired) electrons. The van der Waals surface area contributed by atoms with Gasteiger partial charge in [-0.25, -0.2) is 4.79 Å². The maximum atomic E-state index is 12.7. The highest BCUT2D eigenvalue weighted by molar-refractivity contribution is 5.79. The number of ether oxygens (including phenoxy) is 1. The lowest BCUT2D eigenvalue weighted by Gasteiger charge is -2.49. The van der Waals surface area contributed by atoms with Crippen LogP contribution in [0.25, 0.3) is 0 Å². The van der Waals surface area contributed by atoms with Crippen molar-refractivity contribution in [3.05, 3.63) is 48.6 Å². The zero-order valence-corrected chi connectivity index (χ0v) is 15.3. The second kappa shape index (κ2) is 8.82. The van der Waals surface area contributed by atoms with Crippen molar-refractivity contribution in [2.45, 2.75) is 31.0 Å². The Labute approximate surface area is 154 Å². The molecule has 1 fully saturated rings. The van der Waals surface area contributed by atoms with Gasteiger partial charge in [-0.1, -0.05) is 36.4 Å². The molecule has 3 N–H and O–H groups in total. The Bertz CT molecular complexity index is 633. The first-order valence-corrected chi connectivity index (χ1v) is 8.61. The summed E-state index contributed by atoms with van der Waals surface area (Å²) in [6.45, 7) is 5.88. The number of likely N-dealkylation sites (tertiary alicyclic amines) is 1. The van der Waals surface area contributed by atoms with E-state index in [0.717, 1.165) is 5.56 Å². The van der Waals surface area contributed by atoms with Gasteiger partial charge in [0.15, 0.2) is 0 Å². The molecule has 1 heterocycles. The smallest absolute Gasteiger partial charge is 0.318 e. The molecule has 1 aromatic rings. The number of urea groups is 1. The standard InChI is InChI=1S/C19H27N3O4/c1-4-11-20-18(24)22-12-10-19(2,25)17(21-15(23)13-26-3)16(22)14-8-6-5-7-9-14/h4-9,16-17,25H,1,10-13H2,2-3H3,(H,20,24)(H,21,23). The third-order valence-corrected chi connectivity index (χ3v) is 4.57. The molecule has 0 bridgehead atoms. The lowest BCUT2D eigenvalue weighted by Crippen LogP contribution is -2.64. The highest BCUT2D eigenvalue weighted by Crippen LogP contribution is 2.37. The van der Waals surface area contributed by atoms with E-state index >= 15 is 0 Å². The van der Waals surface area contributed by atoms with E-state index in [9.17, 15) is 14.7 Å². The Morgan fingerprint density at radius 3 is 2.73 bits per heavy atom. The number of hydrogen-bond acceptors (Lipinski definition) is 4. The number of hydrogen-bond donors (Lipinski definition) is 3. The molecule has 142 valence electrons. The van der Waals surface area contributed by atoms with Gasteiger partial charge in [0.05, 0.1) is 17.7 Å². The number of carbonyl (C=O) groups excluding carboxylic acids is 2. The molecular formula is C19H27N3O4. The van der Waals surface area contributed by atoms with E-state index in [-0.39, 0.29) is 18.5 Å². The number of nitrogens with one attached hydrogen (secondary N) is 2. The molecule has 0 saturated carbocycles. The van der Waals surface area contributed by atoms with Crippen molar-refractivity contribution in [2.75, 3.05) is 26.8 Å². The van der Waals surface area contributed by atoms with Gasteiger partial charge in [0.25, 0.3) is 0 Å². The second-order valence-electron chi connectivity index (χ2n) is 6.61. The maximum Gasteiger partial charge on any atom is 0.318 e. The fraction of sp³-hybridized carbons (Fsp3) is 0.474. The molecule has 1 aliphatic rings. The summed E-state index contributed by atoms with van der Waals surface area (Å²) in [7, 11) is 1.43. The quantitative estimate of drug-likeness (QED) is 0.664. The van der Waals surface area contributed by atoms with Gasteiger partial charge < -0.3 is 25.4 Å². The largest absolute Gasteiger partial charge is 0.388 e. The van der Waals surface area contributed by atoms with E-state index < -0.39 is 17.7 Å². The van der Waals surface area contributed by atoms with Crippen molar-refractivity contribution >= 4 is 11.9 Å². The molecule has 0 aromatic heterocycles. The van der Waals surface area contributed by atoms with Crippen LogP contribution in [0.15, 0.2) is 43.0 Å². The molecular weight excluding hydrogens is 334 g/mol. The Morgan fingerprint density at radius 1 is 1.42 bits per heavy atom. The van der Waals surface area contributed by atoms with E-state index in [0.29, 0.717) is 19.5 Å². The zero-order valence-electron chi connectivity index (χ0n) is 15.3. The predicted molar refractivity (Wildman–Crippen MR) is 98.5 cm³/mol. The van der Waals surface area contributed by atoms with Gasteiger partial charge in [-0.15, -0.1) is 6.58 Å². The van der Waals surface area contributed by atoms with E-state index in [1.807, 2.05) is 30.3 Å². The Morgan fingerprint density at radius 2 is 2.12 bits per heavy atom. The van der Waals surface area contributed by atoms with Gasteiger partial charge in [-0.2, -0.15) is 0 Å². The Hall–Kier alpha value is -2.38. The summed E-state index contributed by atoms with van der Waals surface area (Å²) in [5.74, 6) is -0.341. The molecule has 7 nitrogen and oxygen atoms in total. The third kappa shape index (κ3) is 4.62. The van der Waals surface area contributed by atoms with Crippen LogP contribution < -0.4 is 10.6 Å². The molecule has 1 aromatic carbocycles. The number of carbonyl (C=O) groups is 2. The van der Waals surface area contributed by atoms with E-state index in [4.69, 9.17) is 4.74 Å². The van der Waals surface area contributed by atoms with Crippen molar-refractivity contribution in [1.29, 1.82) is 0 Å². The van der Waals surface area contributed by atoms with Crippen LogP contribution in [-0.4, -0.2) is 60.4 Å². The van der Waals surface area contributed by atoms with Crippen LogP contribution in [0.2, 0.25) is 0 Å². The average Bonchev–Trinajstić information content (AvgIpc) is 2.62. The van der Waals surface area contributed by atoms with Crippen LogP contribution >= 0.6 is 0 Å². The zero-order chi connectivity index (χ0) is 19.2. The Kier molecular flexibility index (Phi) is 6.76. The first-order valence-electron chi connectivity index (χ1n) is 8.61. The molecule has 0 aliphatic carbocycles. The van der Waals surface area contributed by atoms with Crippen LogP contribution in [0.5, 0.6) is 0 Å². The molecule has 3 amide bonds. The lowest BCUT2D eigenvalue weighted by atomic mass is 9.79. The Balaban J connectivity index is 2.39. The third-order valence-electron chi connectivity index (χ3n) is 4.57. The SMILES string of the molecule is C=CCNC(=O)N1CCC(C)(O)C(NC(=O)COC)C1c1ccccc1. The minimum atomic E-state index is -1.17. The van der Waals surface area contributed by atoms with Crippen LogP contribution in [0.3, 0.4) is 0 Å². The van der Waals surface area contributed by atoms with E-state index in [1.165, 1.54) is 7.11 Å². The molecule has 3 atom stereocenters. The number of benzene rings is 1. The number of amides is 3. The van der Waals surface area contributed by atoms with Crippen LogP contribution in [0.1, 0.15) is 24.9 Å². The predicted octanol–water partition coefficient (Wildman–Crippen LogP) is 1.21. The number of methoxy groups -OCH3 is 1. The first-order chi connectivity index (χ1) is 12.4. The topological polar surface area (TPSA) is 90.9 Å². The summed E-state index contributed by atoms with van der Waals surface area (Å²) < 4.78 is 4.88. The molecule has 0 spiro atoms. The highest BCUT2D eigenvalue weighted by Gasteiger charge is 2.47. The minimum absolute atomic E-state index is 0.114. The number of aliphatic hydroxyl groups is 1. The molecule has 26 heavy (non-hydrogen) atoms. The van der Waals surface area contributed by atoms with E-state index in [2.05, 4.69) is 17.2 Å². The first kappa shape index (κ1) is 19.9. The van der Waals surface area contributed by atoms with Gasteiger partial charge in [-0.3, -0.25) is 4.79 Å². The average molecular weight is 361 g/mol. The van der Waals surface area contributed by atoms with Gasteiger partial charge in [0.1, 0.15) is 6.61 Å². The fourth-order valence-corrected chi connectivity index (χ4v) is 3.25. The number of nitrogens with zero attached hydrogens (tertiary/aromatic N) is 1. The van der Waals surface area contributed by atoms with Crippen molar-refractivity contribution in [3.63, 3.8) is 0 Å². The van der Waals surface area contributed by atoms with Gasteiger partial charge in [0, 0.05) is 20.2 Å². The van der Waals surface area contributed by atoms with Gasteiger partial charge in [-0.05, 0) is 18.9 Å². The normalized spacial score (nSPS) is 25.4. The van der Waals surface area contributed by atoms with Crippen LogP contribution in [0.4, 0.5) is 4.79 Å². The fourth-order valence-electron chi connectivity index (χ4n) is 3.25. The minimum Gasteiger partial charge on any atom is -0.388 e. The molecule has 2 rings (SSSR count). The molecule has 7 heteroatoms. The summed E-state index contributed by atoms with van der Waals surface area (Å²) in [4.78, 5) is 26.4. The van der Waals surface area contributed by atoms with Crippen LogP contribution in [-0.2, 0) is 9.53 Å². The summed E-state index contributed by atoms with van der Waals surface area (Å²) in [6.07, 6.45) is 1.95. The lowest BCUT2D eigenvalue weighted by molar-refractivity contribution is -0.131. The van der Waals surface area contributed by atoms with Crippen molar-refractivity contribution in [2.24, 2.45) is 0 Å². The number of rotatable bonds is 6. The molecule has 1 saturated heterocycles. The number of piperidine rings is 1. The van der Waals surface area contributed by atoms with Crippen molar-refractivity contribution in [3.8, 4) is 0 Å².